The van der Waals surface area contributed by atoms with Crippen molar-refractivity contribution in [2.75, 3.05) is 6.54 Å². The fourth-order valence-corrected chi connectivity index (χ4v) is 1.13. The van der Waals surface area contributed by atoms with Crippen molar-refractivity contribution in [2.24, 2.45) is 0 Å². The smallest absolute Gasteiger partial charge is 0.0991 e. The van der Waals surface area contributed by atoms with Crippen LogP contribution < -0.4 is 5.32 Å². The minimum atomic E-state index is 0.689. The molecule has 0 aliphatic rings. The zero-order chi connectivity index (χ0) is 10.2. The van der Waals surface area contributed by atoms with E-state index in [4.69, 9.17) is 16.9 Å². The van der Waals surface area contributed by atoms with Crippen LogP contribution in [0.1, 0.15) is 11.1 Å². The lowest BCUT2D eigenvalue weighted by atomic mass is 10.1. The van der Waals surface area contributed by atoms with E-state index < -0.39 is 0 Å². The predicted molar refractivity (Wildman–Crippen MR) is 57.9 cm³/mol. The molecule has 3 heteroatoms. The Morgan fingerprint density at radius 1 is 1.36 bits per heavy atom. The number of nitriles is 1. The van der Waals surface area contributed by atoms with Crippen LogP contribution in [0.5, 0.6) is 0 Å². The van der Waals surface area contributed by atoms with Crippen LogP contribution in [0.4, 0.5) is 0 Å². The van der Waals surface area contributed by atoms with Gasteiger partial charge in [0.05, 0.1) is 11.6 Å². The molecule has 0 aromatic heterocycles. The van der Waals surface area contributed by atoms with E-state index in [1.165, 1.54) is 5.54 Å². The second-order valence-corrected chi connectivity index (χ2v) is 3.05. The van der Waals surface area contributed by atoms with E-state index >= 15 is 0 Å². The molecule has 0 saturated heterocycles. The largest absolute Gasteiger partial charge is 0.309 e. The van der Waals surface area contributed by atoms with Gasteiger partial charge >= 0.3 is 0 Å². The van der Waals surface area contributed by atoms with Crippen LogP contribution in [0.15, 0.2) is 35.9 Å². The Balaban J connectivity index is 2.41. The lowest BCUT2D eigenvalue weighted by Crippen LogP contribution is -2.12. The molecule has 0 bridgehead atoms. The predicted octanol–water partition coefficient (Wildman–Crippen LogP) is 2.40. The third-order valence-corrected chi connectivity index (χ3v) is 1.94. The van der Waals surface area contributed by atoms with Crippen molar-refractivity contribution < 1.29 is 0 Å². The average molecular weight is 207 g/mol. The number of hydrogen-bond acceptors (Lipinski definition) is 2. The van der Waals surface area contributed by atoms with E-state index in [1.54, 1.807) is 0 Å². The zero-order valence-corrected chi connectivity index (χ0v) is 8.46. The molecule has 0 spiro atoms. The Kier molecular flexibility index (Phi) is 4.77. The molecule has 1 rings (SSSR count). The fourth-order valence-electron chi connectivity index (χ4n) is 1.04. The van der Waals surface area contributed by atoms with Gasteiger partial charge in [-0.05, 0) is 17.7 Å². The highest BCUT2D eigenvalue weighted by Crippen LogP contribution is 2.02. The van der Waals surface area contributed by atoms with E-state index in [1.807, 2.05) is 30.3 Å². The summed E-state index contributed by atoms with van der Waals surface area (Å²) in [6, 6.07) is 9.59. The standard InChI is InChI=1S/C11H11ClN2/c12-6-1-7-14-9-11-4-2-10(8-13)3-5-11/h1-6,14H,7,9H2/b6-1+. The average Bonchev–Trinajstić information content (AvgIpc) is 2.25. The SMILES string of the molecule is N#Cc1ccc(CNC/C=C/Cl)cc1. The molecule has 0 fully saturated rings. The number of halogens is 1. The second-order valence-electron chi connectivity index (χ2n) is 2.80. The van der Waals surface area contributed by atoms with Crippen LogP contribution >= 0.6 is 11.6 Å². The van der Waals surface area contributed by atoms with Crippen molar-refractivity contribution in [3.8, 4) is 6.07 Å². The minimum Gasteiger partial charge on any atom is -0.309 e. The van der Waals surface area contributed by atoms with Crippen molar-refractivity contribution in [3.63, 3.8) is 0 Å². The third kappa shape index (κ3) is 3.61. The summed E-state index contributed by atoms with van der Waals surface area (Å²) in [6.07, 6.45) is 1.84. The normalized spacial score (nSPS) is 10.3. The van der Waals surface area contributed by atoms with Gasteiger partial charge in [0.1, 0.15) is 0 Å². The van der Waals surface area contributed by atoms with Crippen LogP contribution in [-0.2, 0) is 6.54 Å². The molecule has 2 nitrogen and oxygen atoms in total. The molecule has 0 atom stereocenters. The van der Waals surface area contributed by atoms with Crippen LogP contribution in [-0.4, -0.2) is 6.54 Å². The van der Waals surface area contributed by atoms with Crippen molar-refractivity contribution in [2.45, 2.75) is 6.54 Å². The van der Waals surface area contributed by atoms with Crippen LogP contribution in [0.2, 0.25) is 0 Å². The maximum atomic E-state index is 8.59. The molecule has 0 saturated carbocycles. The highest BCUT2D eigenvalue weighted by atomic mass is 35.5. The summed E-state index contributed by atoms with van der Waals surface area (Å²) in [5.74, 6) is 0. The molecule has 0 aliphatic carbocycles. The van der Waals surface area contributed by atoms with Gasteiger partial charge in [0.15, 0.2) is 0 Å². The highest BCUT2D eigenvalue weighted by Gasteiger charge is 1.92. The first-order valence-corrected chi connectivity index (χ1v) is 4.75. The van der Waals surface area contributed by atoms with Gasteiger partial charge in [-0.25, -0.2) is 0 Å². The summed E-state index contributed by atoms with van der Waals surface area (Å²) < 4.78 is 0. The molecule has 72 valence electrons. The Morgan fingerprint density at radius 3 is 2.64 bits per heavy atom. The van der Waals surface area contributed by atoms with Crippen LogP contribution in [0.3, 0.4) is 0 Å². The first-order valence-electron chi connectivity index (χ1n) is 4.32. The summed E-state index contributed by atoms with van der Waals surface area (Å²) in [6.45, 7) is 1.54. The zero-order valence-electron chi connectivity index (χ0n) is 7.70. The molecular formula is C11H11ClN2. The molecule has 14 heavy (non-hydrogen) atoms. The van der Waals surface area contributed by atoms with Gasteiger partial charge in [-0.15, -0.1) is 0 Å². The number of benzene rings is 1. The lowest BCUT2D eigenvalue weighted by Gasteiger charge is -2.01. The Hall–Kier alpha value is -1.30. The van der Waals surface area contributed by atoms with Gasteiger partial charge in [-0.2, -0.15) is 5.26 Å². The molecule has 0 amide bonds. The molecule has 0 unspecified atom stereocenters. The van der Waals surface area contributed by atoms with Crippen molar-refractivity contribution in [1.29, 1.82) is 5.26 Å². The van der Waals surface area contributed by atoms with Gasteiger partial charge in [0, 0.05) is 18.6 Å². The van der Waals surface area contributed by atoms with E-state index in [2.05, 4.69) is 11.4 Å². The van der Waals surface area contributed by atoms with Crippen LogP contribution in [0.25, 0.3) is 0 Å². The second kappa shape index (κ2) is 6.20. The maximum absolute atomic E-state index is 8.59. The van der Waals surface area contributed by atoms with Crippen molar-refractivity contribution >= 4 is 11.6 Å². The number of hydrogen-bond donors (Lipinski definition) is 1. The van der Waals surface area contributed by atoms with Crippen molar-refractivity contribution in [1.82, 2.24) is 5.32 Å². The van der Waals surface area contributed by atoms with E-state index in [9.17, 15) is 0 Å². The summed E-state index contributed by atoms with van der Waals surface area (Å²) in [5.41, 5.74) is 3.34. The molecule has 1 N–H and O–H groups in total. The molecule has 0 radical (unpaired) electrons. The minimum absolute atomic E-state index is 0.689. The molecule has 1 aromatic carbocycles. The molecule has 1 aromatic rings. The summed E-state index contributed by atoms with van der Waals surface area (Å²) in [5, 5.41) is 11.8. The molecular weight excluding hydrogens is 196 g/mol. The van der Waals surface area contributed by atoms with Gasteiger partial charge in [-0.1, -0.05) is 29.8 Å². The van der Waals surface area contributed by atoms with Crippen LogP contribution in [0, 0.1) is 11.3 Å². The third-order valence-electron chi connectivity index (χ3n) is 1.76. The number of nitrogens with one attached hydrogen (secondary N) is 1. The van der Waals surface area contributed by atoms with E-state index in [0.29, 0.717) is 5.56 Å². The monoisotopic (exact) mass is 206 g/mol. The Morgan fingerprint density at radius 2 is 2.07 bits per heavy atom. The van der Waals surface area contributed by atoms with E-state index in [-0.39, 0.29) is 0 Å². The number of nitrogens with zero attached hydrogens (tertiary/aromatic N) is 1. The number of rotatable bonds is 4. The maximum Gasteiger partial charge on any atom is 0.0991 e. The molecule has 0 aliphatic heterocycles. The Labute approximate surface area is 88.8 Å². The van der Waals surface area contributed by atoms with Gasteiger partial charge in [0.2, 0.25) is 0 Å². The van der Waals surface area contributed by atoms with Crippen molar-refractivity contribution in [3.05, 3.63) is 47.0 Å². The molecule has 0 heterocycles. The van der Waals surface area contributed by atoms with Gasteiger partial charge in [-0.3, -0.25) is 0 Å². The van der Waals surface area contributed by atoms with E-state index in [0.717, 1.165) is 18.7 Å². The highest BCUT2D eigenvalue weighted by molar-refractivity contribution is 6.25. The topological polar surface area (TPSA) is 35.8 Å². The first kappa shape index (κ1) is 10.8. The summed E-state index contributed by atoms with van der Waals surface area (Å²) >= 11 is 5.37. The quantitative estimate of drug-likeness (QED) is 0.768. The fraction of sp³-hybridized carbons (Fsp3) is 0.182. The van der Waals surface area contributed by atoms with Gasteiger partial charge in [0.25, 0.3) is 0 Å². The van der Waals surface area contributed by atoms with Gasteiger partial charge < -0.3 is 5.32 Å². The summed E-state index contributed by atoms with van der Waals surface area (Å²) in [7, 11) is 0. The first-order chi connectivity index (χ1) is 6.86. The summed E-state index contributed by atoms with van der Waals surface area (Å²) in [4.78, 5) is 0. The Bertz CT molecular complexity index is 335. The lowest BCUT2D eigenvalue weighted by molar-refractivity contribution is 0.760.